The molecule has 0 spiro atoms. The zero-order valence-electron chi connectivity index (χ0n) is 12.9. The number of thioether (sulfide) groups is 1. The van der Waals surface area contributed by atoms with Crippen LogP contribution >= 0.6 is 11.8 Å². The highest BCUT2D eigenvalue weighted by atomic mass is 32.2. The number of aliphatic carboxylic acids is 1. The van der Waals surface area contributed by atoms with Crippen molar-refractivity contribution in [2.75, 3.05) is 12.8 Å². The largest absolute Gasteiger partial charge is 0.481 e. The first-order chi connectivity index (χ1) is 9.17. The van der Waals surface area contributed by atoms with E-state index in [0.29, 0.717) is 6.54 Å². The normalized spacial score (nSPS) is 22.4. The van der Waals surface area contributed by atoms with Crippen molar-refractivity contribution >= 4 is 23.8 Å². The SMILES string of the molecule is CS[C@H](C(C)C(=O)O)C1CCCN1C(=O)OC(C)(C)C. The van der Waals surface area contributed by atoms with E-state index in [2.05, 4.69) is 0 Å². The Morgan fingerprint density at radius 3 is 2.45 bits per heavy atom. The van der Waals surface area contributed by atoms with Gasteiger partial charge in [-0.05, 0) is 39.9 Å². The molecule has 0 bridgehead atoms. The van der Waals surface area contributed by atoms with Crippen molar-refractivity contribution in [2.45, 2.75) is 57.4 Å². The minimum Gasteiger partial charge on any atom is -0.481 e. The minimum absolute atomic E-state index is 0.0639. The molecule has 6 heteroatoms. The van der Waals surface area contributed by atoms with Crippen molar-refractivity contribution in [2.24, 2.45) is 5.92 Å². The van der Waals surface area contributed by atoms with E-state index in [1.807, 2.05) is 27.0 Å². The van der Waals surface area contributed by atoms with Crippen molar-refractivity contribution in [1.29, 1.82) is 0 Å². The van der Waals surface area contributed by atoms with Gasteiger partial charge in [0.2, 0.25) is 0 Å². The van der Waals surface area contributed by atoms with E-state index in [-0.39, 0.29) is 17.4 Å². The molecule has 1 amide bonds. The Hall–Kier alpha value is -0.910. The minimum atomic E-state index is -0.819. The number of ether oxygens (including phenoxy) is 1. The number of carboxylic acid groups (broad SMARTS) is 1. The highest BCUT2D eigenvalue weighted by Crippen LogP contribution is 2.32. The van der Waals surface area contributed by atoms with Gasteiger partial charge in [0, 0.05) is 17.8 Å². The van der Waals surface area contributed by atoms with E-state index < -0.39 is 17.5 Å². The summed E-state index contributed by atoms with van der Waals surface area (Å²) in [6.07, 6.45) is 3.29. The third-order valence-electron chi connectivity index (χ3n) is 3.46. The molecule has 0 aromatic rings. The lowest BCUT2D eigenvalue weighted by atomic mass is 9.99. The average molecular weight is 303 g/mol. The molecule has 116 valence electrons. The Bertz CT molecular complexity index is 367. The fourth-order valence-electron chi connectivity index (χ4n) is 2.52. The predicted molar refractivity (Wildman–Crippen MR) is 80.1 cm³/mol. The standard InChI is InChI=1S/C14H25NO4S/c1-9(12(16)17)11(20-5)10-7-6-8-15(10)13(18)19-14(2,3)4/h9-11H,6-8H2,1-5H3,(H,16,17)/t9?,10?,11-/m1/s1. The highest BCUT2D eigenvalue weighted by Gasteiger charge is 2.40. The van der Waals surface area contributed by atoms with Crippen molar-refractivity contribution in [3.8, 4) is 0 Å². The molecule has 0 saturated carbocycles. The summed E-state index contributed by atoms with van der Waals surface area (Å²) >= 11 is 1.51. The number of hydrogen-bond acceptors (Lipinski definition) is 4. The first-order valence-electron chi connectivity index (χ1n) is 6.92. The van der Waals surface area contributed by atoms with Crippen LogP contribution in [0.25, 0.3) is 0 Å². The second-order valence-corrected chi connectivity index (χ2v) is 7.23. The number of amides is 1. The van der Waals surface area contributed by atoms with Crippen LogP contribution in [0, 0.1) is 5.92 Å². The summed E-state index contributed by atoms with van der Waals surface area (Å²) in [7, 11) is 0. The van der Waals surface area contributed by atoms with Crippen LogP contribution in [0.1, 0.15) is 40.5 Å². The second-order valence-electron chi connectivity index (χ2n) is 6.21. The van der Waals surface area contributed by atoms with Gasteiger partial charge in [0.25, 0.3) is 0 Å². The van der Waals surface area contributed by atoms with E-state index >= 15 is 0 Å². The van der Waals surface area contributed by atoms with Gasteiger partial charge in [0.1, 0.15) is 5.60 Å². The number of rotatable bonds is 4. The molecule has 1 rings (SSSR count). The fraction of sp³-hybridized carbons (Fsp3) is 0.857. The molecule has 2 unspecified atom stereocenters. The van der Waals surface area contributed by atoms with Crippen LogP contribution in [0.15, 0.2) is 0 Å². The molecule has 1 aliphatic rings. The second kappa shape index (κ2) is 6.70. The molecule has 1 fully saturated rings. The molecule has 0 aliphatic carbocycles. The molecule has 20 heavy (non-hydrogen) atoms. The molecule has 0 radical (unpaired) electrons. The quantitative estimate of drug-likeness (QED) is 0.865. The van der Waals surface area contributed by atoms with Gasteiger partial charge in [-0.1, -0.05) is 6.92 Å². The molecule has 0 aromatic heterocycles. The van der Waals surface area contributed by atoms with Gasteiger partial charge in [0.15, 0.2) is 0 Å². The van der Waals surface area contributed by atoms with E-state index in [0.717, 1.165) is 12.8 Å². The van der Waals surface area contributed by atoms with E-state index in [9.17, 15) is 14.7 Å². The van der Waals surface area contributed by atoms with Crippen LogP contribution in [0.4, 0.5) is 4.79 Å². The van der Waals surface area contributed by atoms with Crippen molar-refractivity contribution in [3.63, 3.8) is 0 Å². The van der Waals surface area contributed by atoms with E-state index in [1.165, 1.54) is 11.8 Å². The maximum atomic E-state index is 12.2. The number of carboxylic acids is 1. The molecule has 1 N–H and O–H groups in total. The van der Waals surface area contributed by atoms with Crippen molar-refractivity contribution in [1.82, 2.24) is 4.90 Å². The van der Waals surface area contributed by atoms with Crippen molar-refractivity contribution in [3.05, 3.63) is 0 Å². The van der Waals surface area contributed by atoms with Gasteiger partial charge in [-0.15, -0.1) is 0 Å². The number of hydrogen-bond donors (Lipinski definition) is 1. The number of carbonyl (C=O) groups excluding carboxylic acids is 1. The molecule has 0 aromatic carbocycles. The lowest BCUT2D eigenvalue weighted by Gasteiger charge is -2.34. The predicted octanol–water partition coefficient (Wildman–Crippen LogP) is 2.84. The monoisotopic (exact) mass is 303 g/mol. The summed E-state index contributed by atoms with van der Waals surface area (Å²) in [5.41, 5.74) is -0.530. The van der Waals surface area contributed by atoms with E-state index in [1.54, 1.807) is 11.8 Å². The summed E-state index contributed by atoms with van der Waals surface area (Å²) in [5.74, 6) is -1.31. The van der Waals surface area contributed by atoms with E-state index in [4.69, 9.17) is 4.74 Å². The molecule has 3 atom stereocenters. The first-order valence-corrected chi connectivity index (χ1v) is 8.21. The summed E-state index contributed by atoms with van der Waals surface area (Å²) < 4.78 is 5.42. The van der Waals surface area contributed by atoms with Gasteiger partial charge >= 0.3 is 12.1 Å². The molecule has 1 saturated heterocycles. The zero-order chi connectivity index (χ0) is 15.5. The topological polar surface area (TPSA) is 66.8 Å². The Labute approximate surface area is 125 Å². The number of nitrogens with zero attached hydrogens (tertiary/aromatic N) is 1. The average Bonchev–Trinajstić information content (AvgIpc) is 2.76. The summed E-state index contributed by atoms with van der Waals surface area (Å²) in [6, 6.07) is -0.0639. The fourth-order valence-corrected chi connectivity index (χ4v) is 3.64. The maximum absolute atomic E-state index is 12.2. The van der Waals surface area contributed by atoms with Gasteiger partial charge < -0.3 is 14.7 Å². The van der Waals surface area contributed by atoms with Crippen LogP contribution < -0.4 is 0 Å². The third-order valence-corrected chi connectivity index (χ3v) is 4.73. The first kappa shape index (κ1) is 17.1. The Morgan fingerprint density at radius 2 is 2.00 bits per heavy atom. The Balaban J connectivity index is 2.82. The van der Waals surface area contributed by atoms with Crippen LogP contribution in [-0.4, -0.2) is 51.8 Å². The van der Waals surface area contributed by atoms with Gasteiger partial charge in [-0.25, -0.2) is 4.79 Å². The highest BCUT2D eigenvalue weighted by molar-refractivity contribution is 7.99. The molecular weight excluding hydrogens is 278 g/mol. The number of likely N-dealkylation sites (tertiary alicyclic amines) is 1. The van der Waals surface area contributed by atoms with Crippen LogP contribution in [0.3, 0.4) is 0 Å². The molecule has 1 heterocycles. The lowest BCUT2D eigenvalue weighted by Crippen LogP contribution is -2.47. The Kier molecular flexibility index (Phi) is 5.74. The lowest BCUT2D eigenvalue weighted by molar-refractivity contribution is -0.141. The van der Waals surface area contributed by atoms with Gasteiger partial charge in [-0.3, -0.25) is 4.79 Å². The van der Waals surface area contributed by atoms with Gasteiger partial charge in [0.05, 0.1) is 5.92 Å². The van der Waals surface area contributed by atoms with Crippen LogP contribution in [-0.2, 0) is 9.53 Å². The summed E-state index contributed by atoms with van der Waals surface area (Å²) in [6.45, 7) is 7.85. The summed E-state index contributed by atoms with van der Waals surface area (Å²) in [4.78, 5) is 25.1. The zero-order valence-corrected chi connectivity index (χ0v) is 13.7. The maximum Gasteiger partial charge on any atom is 0.410 e. The van der Waals surface area contributed by atoms with Crippen LogP contribution in [0.2, 0.25) is 0 Å². The molecular formula is C14H25NO4S. The van der Waals surface area contributed by atoms with Gasteiger partial charge in [-0.2, -0.15) is 11.8 Å². The molecule has 1 aliphatic heterocycles. The number of carbonyl (C=O) groups is 2. The molecule has 5 nitrogen and oxygen atoms in total. The van der Waals surface area contributed by atoms with Crippen LogP contribution in [0.5, 0.6) is 0 Å². The third kappa shape index (κ3) is 4.30. The van der Waals surface area contributed by atoms with Crippen molar-refractivity contribution < 1.29 is 19.4 Å². The summed E-state index contributed by atoms with van der Waals surface area (Å²) in [5, 5.41) is 9.10. The Morgan fingerprint density at radius 1 is 1.40 bits per heavy atom. The smallest absolute Gasteiger partial charge is 0.410 e.